The smallest absolute Gasteiger partial charge is 0.319 e. The largest absolute Gasteiger partial charge is 0.468 e. The van der Waals surface area contributed by atoms with E-state index in [9.17, 15) is 4.79 Å². The molecule has 3 nitrogen and oxygen atoms in total. The summed E-state index contributed by atoms with van der Waals surface area (Å²) in [5.41, 5.74) is 0. The highest BCUT2D eigenvalue weighted by atomic mass is 16.5. The van der Waals surface area contributed by atoms with E-state index in [1.807, 2.05) is 0 Å². The number of rotatable bonds is 3. The van der Waals surface area contributed by atoms with Gasteiger partial charge < -0.3 is 4.74 Å². The minimum Gasteiger partial charge on any atom is -0.468 e. The molecule has 1 unspecified atom stereocenters. The first kappa shape index (κ1) is 12.5. The Balaban J connectivity index is 2.35. The van der Waals surface area contributed by atoms with Crippen LogP contribution in [0.25, 0.3) is 0 Å². The SMILES string of the molecule is COC(=O)CN1CCCC(C(C)C)CC1. The number of carbonyl (C=O) groups excluding carboxylic acids is 1. The number of hydrogen-bond acceptors (Lipinski definition) is 3. The van der Waals surface area contributed by atoms with Crippen molar-refractivity contribution >= 4 is 5.97 Å². The van der Waals surface area contributed by atoms with Gasteiger partial charge in [0.15, 0.2) is 0 Å². The monoisotopic (exact) mass is 213 g/mol. The molecule has 0 N–H and O–H groups in total. The zero-order valence-electron chi connectivity index (χ0n) is 10.2. The van der Waals surface area contributed by atoms with Crippen LogP contribution >= 0.6 is 0 Å². The van der Waals surface area contributed by atoms with Crippen LogP contribution < -0.4 is 0 Å². The molecule has 0 aromatic rings. The van der Waals surface area contributed by atoms with Crippen LogP contribution in [0.4, 0.5) is 0 Å². The number of nitrogens with zero attached hydrogens (tertiary/aromatic N) is 1. The van der Waals surface area contributed by atoms with Gasteiger partial charge in [-0.3, -0.25) is 9.69 Å². The molecule has 0 aliphatic carbocycles. The number of methoxy groups -OCH3 is 1. The summed E-state index contributed by atoms with van der Waals surface area (Å²) in [5, 5.41) is 0. The molecule has 0 bridgehead atoms. The van der Waals surface area contributed by atoms with E-state index in [0.717, 1.165) is 24.9 Å². The summed E-state index contributed by atoms with van der Waals surface area (Å²) in [5.74, 6) is 1.48. The molecule has 1 aliphatic rings. The molecule has 1 saturated heterocycles. The van der Waals surface area contributed by atoms with Crippen LogP contribution in [-0.4, -0.2) is 37.6 Å². The van der Waals surface area contributed by atoms with Crippen molar-refractivity contribution < 1.29 is 9.53 Å². The van der Waals surface area contributed by atoms with E-state index in [-0.39, 0.29) is 5.97 Å². The lowest BCUT2D eigenvalue weighted by atomic mass is 9.89. The van der Waals surface area contributed by atoms with Crippen molar-refractivity contribution in [1.29, 1.82) is 0 Å². The number of ether oxygens (including phenoxy) is 1. The maximum Gasteiger partial charge on any atom is 0.319 e. The third-order valence-electron chi connectivity index (χ3n) is 3.39. The summed E-state index contributed by atoms with van der Waals surface area (Å²) >= 11 is 0. The molecule has 1 aliphatic heterocycles. The second-order valence-corrected chi connectivity index (χ2v) is 4.79. The van der Waals surface area contributed by atoms with Gasteiger partial charge in [0.05, 0.1) is 13.7 Å². The second kappa shape index (κ2) is 6.11. The summed E-state index contributed by atoms with van der Waals surface area (Å²) in [7, 11) is 1.46. The number of esters is 1. The van der Waals surface area contributed by atoms with Crippen molar-refractivity contribution in [2.75, 3.05) is 26.7 Å². The predicted molar refractivity (Wildman–Crippen MR) is 60.6 cm³/mol. The molecule has 0 spiro atoms. The summed E-state index contributed by atoms with van der Waals surface area (Å²) in [6, 6.07) is 0. The lowest BCUT2D eigenvalue weighted by Crippen LogP contribution is -2.31. The minimum atomic E-state index is -0.113. The Morgan fingerprint density at radius 2 is 2.13 bits per heavy atom. The summed E-state index contributed by atoms with van der Waals surface area (Å²) in [6.45, 7) is 7.12. The molecule has 0 amide bonds. The van der Waals surface area contributed by atoms with E-state index in [1.54, 1.807) is 0 Å². The van der Waals surface area contributed by atoms with Crippen molar-refractivity contribution in [3.8, 4) is 0 Å². The fourth-order valence-corrected chi connectivity index (χ4v) is 2.25. The van der Waals surface area contributed by atoms with Crippen molar-refractivity contribution in [2.45, 2.75) is 33.1 Å². The fraction of sp³-hybridized carbons (Fsp3) is 0.917. The first-order chi connectivity index (χ1) is 7.13. The molecule has 88 valence electrons. The highest BCUT2D eigenvalue weighted by Crippen LogP contribution is 2.24. The van der Waals surface area contributed by atoms with Crippen molar-refractivity contribution in [3.63, 3.8) is 0 Å². The van der Waals surface area contributed by atoms with E-state index in [2.05, 4.69) is 23.5 Å². The Morgan fingerprint density at radius 3 is 2.73 bits per heavy atom. The van der Waals surface area contributed by atoms with Gasteiger partial charge in [-0.2, -0.15) is 0 Å². The Bertz CT molecular complexity index is 204. The molecule has 0 saturated carbocycles. The van der Waals surface area contributed by atoms with Gasteiger partial charge in [-0.15, -0.1) is 0 Å². The van der Waals surface area contributed by atoms with Crippen LogP contribution in [-0.2, 0) is 9.53 Å². The molecule has 1 rings (SSSR count). The summed E-state index contributed by atoms with van der Waals surface area (Å²) in [4.78, 5) is 13.4. The van der Waals surface area contributed by atoms with Crippen molar-refractivity contribution in [3.05, 3.63) is 0 Å². The molecule has 1 atom stereocenters. The van der Waals surface area contributed by atoms with Crippen LogP contribution in [0.3, 0.4) is 0 Å². The molecule has 15 heavy (non-hydrogen) atoms. The highest BCUT2D eigenvalue weighted by molar-refractivity contribution is 5.71. The molecule has 0 aromatic carbocycles. The standard InChI is InChI=1S/C12H23NO2/c1-10(2)11-5-4-7-13(8-6-11)9-12(14)15-3/h10-11H,4-9H2,1-3H3. The van der Waals surface area contributed by atoms with Gasteiger partial charge in [0, 0.05) is 0 Å². The molecule has 3 heteroatoms. The Kier molecular flexibility index (Phi) is 5.09. The zero-order chi connectivity index (χ0) is 11.3. The number of likely N-dealkylation sites (tertiary alicyclic amines) is 1. The Hall–Kier alpha value is -0.570. The average molecular weight is 213 g/mol. The summed E-state index contributed by atoms with van der Waals surface area (Å²) < 4.78 is 4.69. The third kappa shape index (κ3) is 4.20. The van der Waals surface area contributed by atoms with E-state index < -0.39 is 0 Å². The molecular formula is C12H23NO2. The maximum atomic E-state index is 11.1. The first-order valence-electron chi connectivity index (χ1n) is 5.92. The molecular weight excluding hydrogens is 190 g/mol. The molecule has 1 fully saturated rings. The van der Waals surface area contributed by atoms with E-state index in [4.69, 9.17) is 0 Å². The van der Waals surface area contributed by atoms with Gasteiger partial charge in [-0.25, -0.2) is 0 Å². The van der Waals surface area contributed by atoms with Crippen LogP contribution in [0, 0.1) is 11.8 Å². The van der Waals surface area contributed by atoms with Gasteiger partial charge in [-0.05, 0) is 44.2 Å². The zero-order valence-corrected chi connectivity index (χ0v) is 10.2. The van der Waals surface area contributed by atoms with Crippen LogP contribution in [0.1, 0.15) is 33.1 Å². The van der Waals surface area contributed by atoms with E-state index in [1.165, 1.54) is 26.4 Å². The average Bonchev–Trinajstić information content (AvgIpc) is 2.43. The lowest BCUT2D eigenvalue weighted by molar-refractivity contribution is -0.141. The third-order valence-corrected chi connectivity index (χ3v) is 3.39. The van der Waals surface area contributed by atoms with Gasteiger partial charge in [-0.1, -0.05) is 13.8 Å². The topological polar surface area (TPSA) is 29.5 Å². The predicted octanol–water partition coefficient (Wildman–Crippen LogP) is 1.92. The summed E-state index contributed by atoms with van der Waals surface area (Å²) in [6.07, 6.45) is 3.73. The maximum absolute atomic E-state index is 11.1. The quantitative estimate of drug-likeness (QED) is 0.671. The lowest BCUT2D eigenvalue weighted by Gasteiger charge is -2.20. The molecule has 1 heterocycles. The normalized spacial score (nSPS) is 23.9. The Labute approximate surface area is 92.8 Å². The Morgan fingerprint density at radius 1 is 1.40 bits per heavy atom. The molecule has 0 radical (unpaired) electrons. The number of hydrogen-bond donors (Lipinski definition) is 0. The highest BCUT2D eigenvalue weighted by Gasteiger charge is 2.20. The first-order valence-corrected chi connectivity index (χ1v) is 5.92. The fourth-order valence-electron chi connectivity index (χ4n) is 2.25. The van der Waals surface area contributed by atoms with E-state index in [0.29, 0.717) is 6.54 Å². The molecule has 0 aromatic heterocycles. The van der Waals surface area contributed by atoms with Crippen molar-refractivity contribution in [2.24, 2.45) is 11.8 Å². The van der Waals surface area contributed by atoms with Crippen LogP contribution in [0.15, 0.2) is 0 Å². The van der Waals surface area contributed by atoms with Crippen molar-refractivity contribution in [1.82, 2.24) is 4.90 Å². The number of carbonyl (C=O) groups is 1. The van der Waals surface area contributed by atoms with Gasteiger partial charge in [0.2, 0.25) is 0 Å². The van der Waals surface area contributed by atoms with Gasteiger partial charge in [0.1, 0.15) is 0 Å². The van der Waals surface area contributed by atoms with E-state index >= 15 is 0 Å². The minimum absolute atomic E-state index is 0.113. The second-order valence-electron chi connectivity index (χ2n) is 4.79. The van der Waals surface area contributed by atoms with Crippen LogP contribution in [0.5, 0.6) is 0 Å². The van der Waals surface area contributed by atoms with Gasteiger partial charge >= 0.3 is 5.97 Å². The van der Waals surface area contributed by atoms with Gasteiger partial charge in [0.25, 0.3) is 0 Å². The van der Waals surface area contributed by atoms with Crippen LogP contribution in [0.2, 0.25) is 0 Å².